The smallest absolute Gasteiger partial charge is 0.412 e. The monoisotopic (exact) mass is 280 g/mol. The summed E-state index contributed by atoms with van der Waals surface area (Å²) in [6.45, 7) is 2.16. The summed E-state index contributed by atoms with van der Waals surface area (Å²) in [4.78, 5) is 15.3. The van der Waals surface area contributed by atoms with E-state index in [-0.39, 0.29) is 0 Å². The summed E-state index contributed by atoms with van der Waals surface area (Å²) < 4.78 is 6.17. The van der Waals surface area contributed by atoms with Crippen molar-refractivity contribution >= 4 is 29.3 Å². The third-order valence-electron chi connectivity index (χ3n) is 2.46. The van der Waals surface area contributed by atoms with Crippen molar-refractivity contribution in [2.75, 3.05) is 18.2 Å². The van der Waals surface area contributed by atoms with Gasteiger partial charge in [-0.2, -0.15) is 5.10 Å². The van der Waals surface area contributed by atoms with Gasteiger partial charge in [0.15, 0.2) is 11.5 Å². The molecule has 2 heterocycles. The minimum Gasteiger partial charge on any atom is -0.453 e. The highest BCUT2D eigenvalue weighted by molar-refractivity contribution is 7.99. The number of aromatic nitrogens is 3. The second-order valence-corrected chi connectivity index (χ2v) is 5.03. The Labute approximate surface area is 115 Å². The van der Waals surface area contributed by atoms with E-state index >= 15 is 0 Å². The van der Waals surface area contributed by atoms with E-state index < -0.39 is 6.09 Å². The number of thioether (sulfide) groups is 1. The first kappa shape index (κ1) is 13.7. The van der Waals surface area contributed by atoms with E-state index in [1.54, 1.807) is 22.5 Å². The maximum absolute atomic E-state index is 11.1. The maximum Gasteiger partial charge on any atom is 0.412 e. The van der Waals surface area contributed by atoms with Crippen molar-refractivity contribution in [3.63, 3.8) is 0 Å². The lowest BCUT2D eigenvalue weighted by molar-refractivity contribution is 0.187. The molecule has 1 amide bonds. The second kappa shape index (κ2) is 6.42. The van der Waals surface area contributed by atoms with E-state index in [0.717, 1.165) is 10.8 Å². The molecule has 0 aliphatic rings. The lowest BCUT2D eigenvalue weighted by Crippen LogP contribution is -2.10. The van der Waals surface area contributed by atoms with Gasteiger partial charge >= 0.3 is 6.09 Å². The largest absolute Gasteiger partial charge is 0.453 e. The van der Waals surface area contributed by atoms with Crippen molar-refractivity contribution in [2.45, 2.75) is 24.8 Å². The Bertz CT molecular complexity index is 570. The maximum atomic E-state index is 11.1. The lowest BCUT2D eigenvalue weighted by Gasteiger charge is -1.99. The summed E-state index contributed by atoms with van der Waals surface area (Å²) in [6.07, 6.45) is 3.47. The SMILES string of the molecule is CCCCSc1ccc2nc(NC(=O)OC)cn2n1. The van der Waals surface area contributed by atoms with Gasteiger partial charge in [-0.25, -0.2) is 14.3 Å². The zero-order chi connectivity index (χ0) is 13.7. The highest BCUT2D eigenvalue weighted by Gasteiger charge is 2.07. The number of nitrogens with one attached hydrogen (secondary N) is 1. The third kappa shape index (κ3) is 3.60. The van der Waals surface area contributed by atoms with Crippen LogP contribution in [0.5, 0.6) is 0 Å². The summed E-state index contributed by atoms with van der Waals surface area (Å²) in [6, 6.07) is 3.81. The molecule has 2 aromatic heterocycles. The van der Waals surface area contributed by atoms with Crippen molar-refractivity contribution in [1.82, 2.24) is 14.6 Å². The lowest BCUT2D eigenvalue weighted by atomic mass is 10.4. The van der Waals surface area contributed by atoms with Gasteiger partial charge in [-0.3, -0.25) is 5.32 Å². The zero-order valence-corrected chi connectivity index (χ0v) is 11.7. The van der Waals surface area contributed by atoms with Crippen LogP contribution in [-0.4, -0.2) is 33.6 Å². The molecule has 0 saturated heterocycles. The van der Waals surface area contributed by atoms with Gasteiger partial charge in [0.25, 0.3) is 0 Å². The number of anilines is 1. The molecule has 0 fully saturated rings. The number of rotatable bonds is 5. The highest BCUT2D eigenvalue weighted by atomic mass is 32.2. The number of fused-ring (bicyclic) bond motifs is 1. The number of ether oxygens (including phenoxy) is 1. The Morgan fingerprint density at radius 2 is 2.37 bits per heavy atom. The van der Waals surface area contributed by atoms with E-state index in [4.69, 9.17) is 0 Å². The standard InChI is InChI=1S/C12H16N4O2S/c1-3-4-7-19-11-6-5-10-13-9(8-16(10)15-11)14-12(17)18-2/h5-6,8H,3-4,7H2,1-2H3,(H,14,17). The van der Waals surface area contributed by atoms with Gasteiger partial charge in [0.1, 0.15) is 5.03 Å². The first-order valence-electron chi connectivity index (χ1n) is 6.07. The van der Waals surface area contributed by atoms with Crippen molar-refractivity contribution in [2.24, 2.45) is 0 Å². The van der Waals surface area contributed by atoms with Crippen LogP contribution in [0.1, 0.15) is 19.8 Å². The van der Waals surface area contributed by atoms with Crippen LogP contribution >= 0.6 is 11.8 Å². The van der Waals surface area contributed by atoms with Gasteiger partial charge in [0.05, 0.1) is 13.3 Å². The van der Waals surface area contributed by atoms with Crippen LogP contribution in [0.15, 0.2) is 23.4 Å². The van der Waals surface area contributed by atoms with Gasteiger partial charge in [0.2, 0.25) is 0 Å². The van der Waals surface area contributed by atoms with Gasteiger partial charge in [-0.1, -0.05) is 13.3 Å². The number of carbonyl (C=O) groups is 1. The molecule has 7 heteroatoms. The molecule has 2 aromatic rings. The molecule has 0 bridgehead atoms. The number of hydrogen-bond acceptors (Lipinski definition) is 5. The van der Waals surface area contributed by atoms with E-state index in [0.29, 0.717) is 11.5 Å². The van der Waals surface area contributed by atoms with E-state index in [9.17, 15) is 4.79 Å². The molecule has 19 heavy (non-hydrogen) atoms. The van der Waals surface area contributed by atoms with Gasteiger partial charge in [-0.15, -0.1) is 11.8 Å². The average Bonchev–Trinajstić information content (AvgIpc) is 2.80. The summed E-state index contributed by atoms with van der Waals surface area (Å²) in [5, 5.41) is 7.89. The van der Waals surface area contributed by atoms with Crippen LogP contribution in [0.2, 0.25) is 0 Å². The predicted octanol–water partition coefficient (Wildman–Crippen LogP) is 2.80. The Morgan fingerprint density at radius 3 is 3.11 bits per heavy atom. The molecule has 0 aromatic carbocycles. The molecule has 2 rings (SSSR count). The predicted molar refractivity (Wildman–Crippen MR) is 74.6 cm³/mol. The second-order valence-electron chi connectivity index (χ2n) is 3.92. The molecule has 0 radical (unpaired) electrons. The van der Waals surface area contributed by atoms with Crippen molar-refractivity contribution in [3.05, 3.63) is 18.3 Å². The molecular weight excluding hydrogens is 264 g/mol. The van der Waals surface area contributed by atoms with Crippen molar-refractivity contribution in [3.8, 4) is 0 Å². The Balaban J connectivity index is 2.11. The Morgan fingerprint density at radius 1 is 1.53 bits per heavy atom. The molecule has 1 N–H and O–H groups in total. The third-order valence-corrected chi connectivity index (χ3v) is 3.47. The number of imidazole rings is 1. The van der Waals surface area contributed by atoms with E-state index in [2.05, 4.69) is 27.1 Å². The number of amides is 1. The molecule has 6 nitrogen and oxygen atoms in total. The van der Waals surface area contributed by atoms with Crippen LogP contribution in [0.25, 0.3) is 5.65 Å². The quantitative estimate of drug-likeness (QED) is 0.673. The van der Waals surface area contributed by atoms with E-state index in [1.165, 1.54) is 20.0 Å². The summed E-state index contributed by atoms with van der Waals surface area (Å²) in [7, 11) is 1.31. The Hall–Kier alpha value is -1.76. The van der Waals surface area contributed by atoms with Crippen LogP contribution in [0.4, 0.5) is 10.6 Å². The fraction of sp³-hybridized carbons (Fsp3) is 0.417. The van der Waals surface area contributed by atoms with E-state index in [1.807, 2.05) is 12.1 Å². The summed E-state index contributed by atoms with van der Waals surface area (Å²) in [5.41, 5.74) is 0.686. The van der Waals surface area contributed by atoms with Gasteiger partial charge in [0, 0.05) is 0 Å². The fourth-order valence-corrected chi connectivity index (χ4v) is 2.43. The molecule has 0 aliphatic heterocycles. The molecule has 0 aliphatic carbocycles. The van der Waals surface area contributed by atoms with Crippen LogP contribution < -0.4 is 5.32 Å². The number of methoxy groups -OCH3 is 1. The minimum atomic E-state index is -0.541. The molecule has 0 saturated carbocycles. The van der Waals surface area contributed by atoms with Gasteiger partial charge in [-0.05, 0) is 24.3 Å². The fourth-order valence-electron chi connectivity index (χ4n) is 1.48. The molecule has 0 unspecified atom stereocenters. The van der Waals surface area contributed by atoms with Crippen LogP contribution in [0, 0.1) is 0 Å². The molecular formula is C12H16N4O2S. The zero-order valence-electron chi connectivity index (χ0n) is 10.9. The normalized spacial score (nSPS) is 10.6. The van der Waals surface area contributed by atoms with Crippen molar-refractivity contribution in [1.29, 1.82) is 0 Å². The number of hydrogen-bond donors (Lipinski definition) is 1. The first-order chi connectivity index (χ1) is 9.22. The average molecular weight is 280 g/mol. The number of carbonyl (C=O) groups excluding carboxylic acids is 1. The molecule has 0 atom stereocenters. The minimum absolute atomic E-state index is 0.426. The first-order valence-corrected chi connectivity index (χ1v) is 7.05. The molecule has 102 valence electrons. The topological polar surface area (TPSA) is 68.5 Å². The summed E-state index contributed by atoms with van der Waals surface area (Å²) >= 11 is 1.72. The van der Waals surface area contributed by atoms with Gasteiger partial charge < -0.3 is 4.74 Å². The van der Waals surface area contributed by atoms with Crippen LogP contribution in [0.3, 0.4) is 0 Å². The van der Waals surface area contributed by atoms with Crippen LogP contribution in [-0.2, 0) is 4.74 Å². The summed E-state index contributed by atoms with van der Waals surface area (Å²) in [5.74, 6) is 1.48. The highest BCUT2D eigenvalue weighted by Crippen LogP contribution is 2.18. The molecule has 0 spiro atoms. The van der Waals surface area contributed by atoms with Crippen molar-refractivity contribution < 1.29 is 9.53 Å². The number of unbranched alkanes of at least 4 members (excludes halogenated alkanes) is 1. The Kier molecular flexibility index (Phi) is 4.62. The number of nitrogens with zero attached hydrogens (tertiary/aromatic N) is 3.